The molecular weight excluding hydrogens is 691 g/mol. The Morgan fingerprint density at radius 3 is 2.37 bits per heavy atom. The van der Waals surface area contributed by atoms with Crippen molar-refractivity contribution in [3.63, 3.8) is 0 Å². The highest BCUT2D eigenvalue weighted by Crippen LogP contribution is 2.70. The van der Waals surface area contributed by atoms with Crippen LogP contribution in [-0.4, -0.2) is 73.4 Å². The summed E-state index contributed by atoms with van der Waals surface area (Å²) in [7, 11) is 0.222. The summed E-state index contributed by atoms with van der Waals surface area (Å²) in [4.78, 5) is 0. The van der Waals surface area contributed by atoms with Crippen LogP contribution in [0.15, 0.2) is 36.4 Å². The molecule has 4 saturated carbocycles. The predicted molar refractivity (Wildman–Crippen MR) is 185 cm³/mol. The van der Waals surface area contributed by atoms with E-state index in [-0.39, 0.29) is 28.4 Å². The zero-order valence-electron chi connectivity index (χ0n) is 30.2. The van der Waals surface area contributed by atoms with Crippen LogP contribution in [0.2, 0.25) is 0 Å². The van der Waals surface area contributed by atoms with Crippen molar-refractivity contribution in [1.29, 1.82) is 0 Å². The van der Waals surface area contributed by atoms with Gasteiger partial charge in [-0.1, -0.05) is 38.1 Å². The van der Waals surface area contributed by atoms with E-state index >= 15 is 0 Å². The molecule has 0 amide bonds. The first kappa shape index (κ1) is 39.1. The SMILES string of the molecule is COCO[C@H]1CC[C@H]2[C@@H]3CC[C@H]4CC5(CC[C@]4(C)[C@H]3[C@@H](c3ccc(OC/C=C/CCS(=O)CCCC(F)(F)C(F)(F)F)cc3)C[C@]12C)OCCO5. The van der Waals surface area contributed by atoms with Gasteiger partial charge < -0.3 is 23.7 Å². The van der Waals surface area contributed by atoms with Crippen LogP contribution in [0.25, 0.3) is 0 Å². The van der Waals surface area contributed by atoms with Gasteiger partial charge in [-0.3, -0.25) is 4.21 Å². The second-order valence-corrected chi connectivity index (χ2v) is 17.8. The second-order valence-electron chi connectivity index (χ2n) is 16.1. The van der Waals surface area contributed by atoms with E-state index in [0.29, 0.717) is 62.6 Å². The molecule has 0 aromatic heterocycles. The number of allylic oxidation sites excluding steroid dienone is 1. The van der Waals surface area contributed by atoms with E-state index in [0.717, 1.165) is 37.9 Å². The number of alkyl halides is 5. The first-order valence-corrected chi connectivity index (χ1v) is 20.3. The smallest absolute Gasteiger partial charge is 0.453 e. The van der Waals surface area contributed by atoms with E-state index < -0.39 is 41.5 Å². The Morgan fingerprint density at radius 2 is 1.67 bits per heavy atom. The van der Waals surface area contributed by atoms with Crippen molar-refractivity contribution in [3.05, 3.63) is 42.0 Å². The lowest BCUT2D eigenvalue weighted by molar-refractivity contribution is -0.284. The highest BCUT2D eigenvalue weighted by molar-refractivity contribution is 7.84. The summed E-state index contributed by atoms with van der Waals surface area (Å²) in [6, 6.07) is 8.56. The molecule has 51 heavy (non-hydrogen) atoms. The minimum Gasteiger partial charge on any atom is -0.490 e. The van der Waals surface area contributed by atoms with E-state index in [1.54, 1.807) is 13.2 Å². The molecule has 0 bridgehead atoms. The lowest BCUT2D eigenvalue weighted by atomic mass is 9.41. The second kappa shape index (κ2) is 15.6. The van der Waals surface area contributed by atoms with E-state index in [4.69, 9.17) is 23.7 Å². The molecule has 4 aliphatic carbocycles. The number of ether oxygens (including phenoxy) is 5. The minimum absolute atomic E-state index is 0.0684. The van der Waals surface area contributed by atoms with Crippen LogP contribution in [-0.2, 0) is 29.7 Å². The van der Waals surface area contributed by atoms with Gasteiger partial charge in [-0.2, -0.15) is 22.0 Å². The third kappa shape index (κ3) is 8.10. The zero-order valence-corrected chi connectivity index (χ0v) is 31.0. The van der Waals surface area contributed by atoms with Gasteiger partial charge in [-0.25, -0.2) is 0 Å². The van der Waals surface area contributed by atoms with E-state index in [1.807, 2.05) is 18.2 Å². The molecular formula is C39H55F5O6S. The standard InChI is InChI=1S/C39H55F5O6S/c1-35-17-18-37(49-20-21-50-37)24-28(35)10-13-30-32-14-15-33(48-26-46-3)36(32,2)25-31(34(30)35)27-8-11-29(12-9-27)47-19-5-4-6-22-51(45)23-7-16-38(40,41)39(42,43)44/h4-5,8-9,11-12,28,30-34H,6-7,10,13-26H2,1-3H3/b5-4+/t28-,30-,31+,32-,33-,34+,35-,36-,51?/m0/s1. The lowest BCUT2D eigenvalue weighted by Gasteiger charge is -2.64. The molecule has 1 aromatic carbocycles. The van der Waals surface area contributed by atoms with Crippen molar-refractivity contribution in [2.45, 2.75) is 114 Å². The molecule has 1 aliphatic heterocycles. The molecule has 6 rings (SSSR count). The number of halogens is 5. The highest BCUT2D eigenvalue weighted by atomic mass is 32.2. The van der Waals surface area contributed by atoms with Gasteiger partial charge in [0.1, 0.15) is 19.1 Å². The van der Waals surface area contributed by atoms with Crippen molar-refractivity contribution in [2.75, 3.05) is 45.2 Å². The number of fused-ring (bicyclic) bond motifs is 5. The Bertz CT molecular complexity index is 1370. The Hall–Kier alpha value is -1.60. The van der Waals surface area contributed by atoms with Crippen molar-refractivity contribution in [3.8, 4) is 5.75 Å². The van der Waals surface area contributed by atoms with Crippen molar-refractivity contribution in [1.82, 2.24) is 0 Å². The normalized spacial score (nSPS) is 35.5. The topological polar surface area (TPSA) is 63.2 Å². The molecule has 5 fully saturated rings. The van der Waals surface area contributed by atoms with Gasteiger partial charge in [-0.15, -0.1) is 0 Å². The zero-order chi connectivity index (χ0) is 36.5. The lowest BCUT2D eigenvalue weighted by Crippen LogP contribution is -2.58. The van der Waals surface area contributed by atoms with Crippen molar-refractivity contribution in [2.24, 2.45) is 34.5 Å². The first-order chi connectivity index (χ1) is 24.2. The maximum atomic E-state index is 13.1. The summed E-state index contributed by atoms with van der Waals surface area (Å²) < 4.78 is 105. The summed E-state index contributed by atoms with van der Waals surface area (Å²) in [5, 5.41) is 0. The molecule has 0 radical (unpaired) electrons. The molecule has 288 valence electrons. The maximum absolute atomic E-state index is 13.1. The summed E-state index contributed by atoms with van der Waals surface area (Å²) in [5.74, 6) is -1.64. The number of benzene rings is 1. The van der Waals surface area contributed by atoms with Gasteiger partial charge in [0.05, 0.1) is 19.3 Å². The Morgan fingerprint density at radius 1 is 0.922 bits per heavy atom. The molecule has 6 nitrogen and oxygen atoms in total. The van der Waals surface area contributed by atoms with Crippen LogP contribution < -0.4 is 4.74 Å². The predicted octanol–water partition coefficient (Wildman–Crippen LogP) is 9.21. The molecule has 1 aromatic rings. The van der Waals surface area contributed by atoms with Crippen LogP contribution in [0.5, 0.6) is 5.75 Å². The third-order valence-corrected chi connectivity index (χ3v) is 14.8. The van der Waals surface area contributed by atoms with Crippen LogP contribution in [0.1, 0.15) is 96.0 Å². The fraction of sp³-hybridized carbons (Fsp3) is 0.795. The fourth-order valence-corrected chi connectivity index (χ4v) is 12.0. The molecule has 1 saturated heterocycles. The average molecular weight is 747 g/mol. The summed E-state index contributed by atoms with van der Waals surface area (Å²) in [5.41, 5.74) is 1.61. The van der Waals surface area contributed by atoms with Gasteiger partial charge in [-0.05, 0) is 109 Å². The van der Waals surface area contributed by atoms with Gasteiger partial charge in [0, 0.05) is 48.7 Å². The van der Waals surface area contributed by atoms with Gasteiger partial charge in [0.15, 0.2) is 5.79 Å². The fourth-order valence-electron chi connectivity index (χ4n) is 10.9. The van der Waals surface area contributed by atoms with Crippen LogP contribution in [0.3, 0.4) is 0 Å². The summed E-state index contributed by atoms with van der Waals surface area (Å²) in [6.07, 6.45) is 5.67. The number of methoxy groups -OCH3 is 1. The Kier molecular flexibility index (Phi) is 12.0. The molecule has 1 heterocycles. The molecule has 0 N–H and O–H groups in total. The van der Waals surface area contributed by atoms with Crippen LogP contribution in [0.4, 0.5) is 22.0 Å². The quantitative estimate of drug-likeness (QED) is 0.108. The van der Waals surface area contributed by atoms with Crippen LogP contribution >= 0.6 is 0 Å². The maximum Gasteiger partial charge on any atom is 0.453 e. The third-order valence-electron chi connectivity index (χ3n) is 13.3. The molecule has 1 unspecified atom stereocenters. The molecule has 9 atom stereocenters. The van der Waals surface area contributed by atoms with E-state index in [2.05, 4.69) is 26.0 Å². The molecule has 12 heteroatoms. The number of rotatable bonds is 14. The first-order valence-electron chi connectivity index (χ1n) is 18.8. The van der Waals surface area contributed by atoms with Crippen molar-refractivity contribution < 1.29 is 49.8 Å². The Labute approximate surface area is 302 Å². The summed E-state index contributed by atoms with van der Waals surface area (Å²) in [6.45, 7) is 7.03. The van der Waals surface area contributed by atoms with Crippen molar-refractivity contribution >= 4 is 10.8 Å². The molecule has 5 aliphatic rings. The van der Waals surface area contributed by atoms with Gasteiger partial charge >= 0.3 is 12.1 Å². The van der Waals surface area contributed by atoms with E-state index in [9.17, 15) is 26.2 Å². The molecule has 1 spiro atoms. The summed E-state index contributed by atoms with van der Waals surface area (Å²) >= 11 is 0. The Balaban J connectivity index is 1.08. The largest absolute Gasteiger partial charge is 0.490 e. The minimum atomic E-state index is -5.57. The van der Waals surface area contributed by atoms with E-state index in [1.165, 1.54) is 24.8 Å². The highest BCUT2D eigenvalue weighted by Gasteiger charge is 2.65. The number of hydrogen-bond acceptors (Lipinski definition) is 6. The average Bonchev–Trinajstić information content (AvgIpc) is 3.68. The van der Waals surface area contributed by atoms with Gasteiger partial charge in [0.25, 0.3) is 0 Å². The van der Waals surface area contributed by atoms with Gasteiger partial charge in [0.2, 0.25) is 0 Å². The number of hydrogen-bond donors (Lipinski definition) is 0. The monoisotopic (exact) mass is 746 g/mol. The van der Waals surface area contributed by atoms with Crippen LogP contribution in [0, 0.1) is 34.5 Å².